The van der Waals surface area contributed by atoms with Crippen LogP contribution in [0.1, 0.15) is 5.56 Å². The predicted octanol–water partition coefficient (Wildman–Crippen LogP) is 5.15. The molecule has 0 fully saturated rings. The van der Waals surface area contributed by atoms with E-state index in [9.17, 15) is 13.2 Å². The summed E-state index contributed by atoms with van der Waals surface area (Å²) in [4.78, 5) is 12.8. The lowest BCUT2D eigenvalue weighted by Gasteiger charge is -2.25. The molecule has 0 saturated carbocycles. The highest BCUT2D eigenvalue weighted by atomic mass is 35.5. The van der Waals surface area contributed by atoms with Gasteiger partial charge in [0, 0.05) is 0 Å². The van der Waals surface area contributed by atoms with Gasteiger partial charge in [-0.3, -0.25) is 9.10 Å². The molecule has 0 spiro atoms. The van der Waals surface area contributed by atoms with Gasteiger partial charge in [-0.15, -0.1) is 0 Å². The minimum atomic E-state index is -4.24. The van der Waals surface area contributed by atoms with Crippen molar-refractivity contribution >= 4 is 50.5 Å². The predicted molar refractivity (Wildman–Crippen MR) is 130 cm³/mol. The van der Waals surface area contributed by atoms with Gasteiger partial charge in [-0.2, -0.15) is 0 Å². The van der Waals surface area contributed by atoms with E-state index < -0.39 is 22.5 Å². The summed E-state index contributed by atoms with van der Waals surface area (Å²) < 4.78 is 38.9. The largest absolute Gasteiger partial charge is 0.495 e. The van der Waals surface area contributed by atoms with Gasteiger partial charge in [0.1, 0.15) is 22.9 Å². The minimum absolute atomic E-state index is 0.0810. The van der Waals surface area contributed by atoms with Gasteiger partial charge in [-0.05, 0) is 55.0 Å². The van der Waals surface area contributed by atoms with Crippen LogP contribution in [0, 0.1) is 6.92 Å². The summed E-state index contributed by atoms with van der Waals surface area (Å²) in [6, 6.07) is 15.9. The van der Waals surface area contributed by atoms with Crippen molar-refractivity contribution in [1.82, 2.24) is 0 Å². The molecule has 10 heteroatoms. The third kappa shape index (κ3) is 5.52. The first-order chi connectivity index (χ1) is 15.7. The molecular formula is C23H22Cl2N2O5S. The number of rotatable bonds is 8. The molecule has 0 aromatic heterocycles. The maximum Gasteiger partial charge on any atom is 0.268 e. The number of nitrogens with zero attached hydrogens (tertiary/aromatic N) is 1. The van der Waals surface area contributed by atoms with Crippen LogP contribution in [0.15, 0.2) is 65.6 Å². The van der Waals surface area contributed by atoms with Crippen molar-refractivity contribution in [1.29, 1.82) is 0 Å². The van der Waals surface area contributed by atoms with E-state index in [2.05, 4.69) is 5.32 Å². The van der Waals surface area contributed by atoms with Crippen LogP contribution in [0.4, 0.5) is 11.4 Å². The number of hydrogen-bond acceptors (Lipinski definition) is 5. The molecule has 0 atom stereocenters. The van der Waals surface area contributed by atoms with E-state index >= 15 is 0 Å². The third-order valence-corrected chi connectivity index (χ3v) is 7.17. The third-order valence-electron chi connectivity index (χ3n) is 4.75. The number of methoxy groups -OCH3 is 2. The maximum atomic E-state index is 13.8. The van der Waals surface area contributed by atoms with Crippen LogP contribution >= 0.6 is 23.2 Å². The lowest BCUT2D eigenvalue weighted by Crippen LogP contribution is -2.38. The first kappa shape index (κ1) is 24.7. The molecule has 1 N–H and O–H groups in total. The molecular weight excluding hydrogens is 487 g/mol. The molecule has 1 amide bonds. The van der Waals surface area contributed by atoms with E-state index in [-0.39, 0.29) is 21.4 Å². The Hall–Kier alpha value is -2.94. The molecule has 33 heavy (non-hydrogen) atoms. The molecule has 0 saturated heterocycles. The Balaban J connectivity index is 2.07. The van der Waals surface area contributed by atoms with Gasteiger partial charge in [-0.25, -0.2) is 8.42 Å². The van der Waals surface area contributed by atoms with Gasteiger partial charge in [0.2, 0.25) is 5.91 Å². The lowest BCUT2D eigenvalue weighted by atomic mass is 10.2. The van der Waals surface area contributed by atoms with Gasteiger partial charge >= 0.3 is 0 Å². The summed E-state index contributed by atoms with van der Waals surface area (Å²) in [6.07, 6.45) is 0. The van der Waals surface area contributed by atoms with Crippen LogP contribution in [-0.2, 0) is 14.8 Å². The fourth-order valence-corrected chi connectivity index (χ4v) is 5.20. The number of hydrogen-bond donors (Lipinski definition) is 1. The SMILES string of the molecule is COc1ccc(N(CC(=O)Nc2ccccc2Cl)S(=O)(=O)c2cc(C)ccc2OC)cc1Cl. The minimum Gasteiger partial charge on any atom is -0.495 e. The Labute approximate surface area is 202 Å². The van der Waals surface area contributed by atoms with Crippen molar-refractivity contribution in [2.75, 3.05) is 30.4 Å². The van der Waals surface area contributed by atoms with E-state index in [1.807, 2.05) is 0 Å². The number of anilines is 2. The van der Waals surface area contributed by atoms with E-state index in [0.29, 0.717) is 22.0 Å². The summed E-state index contributed by atoms with van der Waals surface area (Å²) in [5.41, 5.74) is 1.25. The second-order valence-corrected chi connectivity index (χ2v) is 9.66. The molecule has 0 bridgehead atoms. The monoisotopic (exact) mass is 508 g/mol. The number of sulfonamides is 1. The molecule has 0 radical (unpaired) electrons. The molecule has 0 unspecified atom stereocenters. The average Bonchev–Trinajstić information content (AvgIpc) is 2.79. The van der Waals surface area contributed by atoms with E-state index in [1.165, 1.54) is 38.5 Å². The molecule has 0 aliphatic heterocycles. The van der Waals surface area contributed by atoms with Crippen molar-refractivity contribution in [3.05, 3.63) is 76.3 Å². The molecule has 3 aromatic carbocycles. The number of halogens is 2. The number of para-hydroxylation sites is 1. The second kappa shape index (κ2) is 10.3. The summed E-state index contributed by atoms with van der Waals surface area (Å²) in [7, 11) is -1.41. The van der Waals surface area contributed by atoms with Crippen molar-refractivity contribution in [3.63, 3.8) is 0 Å². The summed E-state index contributed by atoms with van der Waals surface area (Å²) in [5.74, 6) is -0.0756. The topological polar surface area (TPSA) is 84.9 Å². The fourth-order valence-electron chi connectivity index (χ4n) is 3.11. The quantitative estimate of drug-likeness (QED) is 0.454. The Morgan fingerprint density at radius 3 is 2.24 bits per heavy atom. The van der Waals surface area contributed by atoms with Gasteiger partial charge in [0.15, 0.2) is 0 Å². The first-order valence-electron chi connectivity index (χ1n) is 9.72. The van der Waals surface area contributed by atoms with Crippen molar-refractivity contribution in [3.8, 4) is 11.5 Å². The number of ether oxygens (including phenoxy) is 2. The number of carbonyl (C=O) groups excluding carboxylic acids is 1. The van der Waals surface area contributed by atoms with Crippen LogP contribution in [0.3, 0.4) is 0 Å². The zero-order chi connectivity index (χ0) is 24.2. The zero-order valence-corrected chi connectivity index (χ0v) is 20.5. The normalized spacial score (nSPS) is 11.1. The maximum absolute atomic E-state index is 13.8. The molecule has 3 aromatic rings. The van der Waals surface area contributed by atoms with Crippen LogP contribution < -0.4 is 19.1 Å². The Kier molecular flexibility index (Phi) is 7.73. The molecule has 7 nitrogen and oxygen atoms in total. The van der Waals surface area contributed by atoms with Gasteiger partial charge in [-0.1, -0.05) is 41.4 Å². The summed E-state index contributed by atoms with van der Waals surface area (Å²) in [6.45, 7) is 1.23. The van der Waals surface area contributed by atoms with Crippen LogP contribution in [-0.4, -0.2) is 35.1 Å². The fraction of sp³-hybridized carbons (Fsp3) is 0.174. The molecule has 3 rings (SSSR count). The van der Waals surface area contributed by atoms with E-state index in [1.54, 1.807) is 43.3 Å². The van der Waals surface area contributed by atoms with Crippen molar-refractivity contribution in [2.45, 2.75) is 11.8 Å². The lowest BCUT2D eigenvalue weighted by molar-refractivity contribution is -0.114. The Morgan fingerprint density at radius 2 is 1.61 bits per heavy atom. The second-order valence-electron chi connectivity index (χ2n) is 7.01. The number of carbonyl (C=O) groups is 1. The molecule has 0 heterocycles. The average molecular weight is 509 g/mol. The van der Waals surface area contributed by atoms with Crippen molar-refractivity contribution < 1.29 is 22.7 Å². The molecule has 174 valence electrons. The van der Waals surface area contributed by atoms with Crippen molar-refractivity contribution in [2.24, 2.45) is 0 Å². The zero-order valence-electron chi connectivity index (χ0n) is 18.1. The number of amides is 1. The smallest absolute Gasteiger partial charge is 0.268 e. The van der Waals surface area contributed by atoms with Crippen LogP contribution in [0.25, 0.3) is 0 Å². The summed E-state index contributed by atoms with van der Waals surface area (Å²) in [5, 5.41) is 3.16. The number of nitrogens with one attached hydrogen (secondary N) is 1. The first-order valence-corrected chi connectivity index (χ1v) is 11.9. The van der Waals surface area contributed by atoms with Gasteiger partial charge in [0.05, 0.1) is 35.6 Å². The standard InChI is InChI=1S/C23H22Cl2N2O5S/c1-15-8-10-21(32-3)22(12-15)33(29,30)27(16-9-11-20(31-2)18(25)13-16)14-23(28)26-19-7-5-4-6-17(19)24/h4-13H,14H2,1-3H3,(H,26,28). The highest BCUT2D eigenvalue weighted by Gasteiger charge is 2.31. The Morgan fingerprint density at radius 1 is 0.939 bits per heavy atom. The van der Waals surface area contributed by atoms with Gasteiger partial charge in [0.25, 0.3) is 10.0 Å². The van der Waals surface area contributed by atoms with E-state index in [0.717, 1.165) is 4.31 Å². The number of benzene rings is 3. The highest BCUT2D eigenvalue weighted by Crippen LogP contribution is 2.34. The van der Waals surface area contributed by atoms with Crippen LogP contribution in [0.5, 0.6) is 11.5 Å². The van der Waals surface area contributed by atoms with Crippen LogP contribution in [0.2, 0.25) is 10.0 Å². The molecule has 0 aliphatic carbocycles. The highest BCUT2D eigenvalue weighted by molar-refractivity contribution is 7.93. The molecule has 0 aliphatic rings. The summed E-state index contributed by atoms with van der Waals surface area (Å²) >= 11 is 12.4. The van der Waals surface area contributed by atoms with E-state index in [4.69, 9.17) is 32.7 Å². The Bertz CT molecular complexity index is 1280. The number of aryl methyl sites for hydroxylation is 1. The van der Waals surface area contributed by atoms with Gasteiger partial charge < -0.3 is 14.8 Å².